The minimum atomic E-state index is -0.880. The summed E-state index contributed by atoms with van der Waals surface area (Å²) in [5.74, 6) is 1.12. The highest BCUT2D eigenvalue weighted by molar-refractivity contribution is 8.00. The van der Waals surface area contributed by atoms with Gasteiger partial charge in [-0.1, -0.05) is 13.8 Å². The van der Waals surface area contributed by atoms with E-state index in [4.69, 9.17) is 4.74 Å². The lowest BCUT2D eigenvalue weighted by atomic mass is 9.77. The van der Waals surface area contributed by atoms with Gasteiger partial charge in [0.15, 0.2) is 0 Å². The lowest BCUT2D eigenvalue weighted by molar-refractivity contribution is -0.115. The highest BCUT2D eigenvalue weighted by atomic mass is 32.2. The zero-order valence-corrected chi connectivity index (χ0v) is 13.5. The Labute approximate surface area is 120 Å². The van der Waals surface area contributed by atoms with E-state index in [1.165, 1.54) is 0 Å². The van der Waals surface area contributed by atoms with E-state index >= 15 is 0 Å². The van der Waals surface area contributed by atoms with Gasteiger partial charge < -0.3 is 14.8 Å². The van der Waals surface area contributed by atoms with E-state index in [9.17, 15) is 9.59 Å². The average Bonchev–Trinajstić information content (AvgIpc) is 2.55. The van der Waals surface area contributed by atoms with Crippen LogP contribution in [0.25, 0.3) is 0 Å². The Bertz CT molecular complexity index is 362. The Morgan fingerprint density at radius 2 is 1.95 bits per heavy atom. The summed E-state index contributed by atoms with van der Waals surface area (Å²) in [6, 6.07) is 0. The summed E-state index contributed by atoms with van der Waals surface area (Å²) in [6.07, 6.45) is 1.23. The van der Waals surface area contributed by atoms with Gasteiger partial charge in [0.05, 0.1) is 0 Å². The normalized spacial score (nSPS) is 25.5. The number of carbonyl (C=O) groups is 2. The predicted molar refractivity (Wildman–Crippen MR) is 78.5 cm³/mol. The van der Waals surface area contributed by atoms with Crippen LogP contribution in [0.3, 0.4) is 0 Å². The molecule has 5 heteroatoms. The minimum absolute atomic E-state index is 0.0231. The molecule has 1 fully saturated rings. The summed E-state index contributed by atoms with van der Waals surface area (Å²) < 4.78 is 5.22. The number of carbonyl (C=O) groups excluding carboxylic acids is 2. The number of amides is 1. The molecule has 2 unspecified atom stereocenters. The molecular formula is C14H25NO3S. The van der Waals surface area contributed by atoms with Crippen LogP contribution in [-0.4, -0.2) is 34.0 Å². The zero-order chi connectivity index (χ0) is 14.9. The number of hydrogen-bond acceptors (Lipinski definition) is 4. The fourth-order valence-corrected chi connectivity index (χ4v) is 4.08. The third kappa shape index (κ3) is 4.13. The first-order valence-electron chi connectivity index (χ1n) is 6.62. The van der Waals surface area contributed by atoms with Crippen LogP contribution in [0.2, 0.25) is 0 Å². The number of aldehydes is 1. The van der Waals surface area contributed by atoms with Crippen LogP contribution in [0.1, 0.15) is 48.0 Å². The second-order valence-electron chi connectivity index (χ2n) is 6.82. The first kappa shape index (κ1) is 16.3. The highest BCUT2D eigenvalue weighted by Crippen LogP contribution is 2.46. The quantitative estimate of drug-likeness (QED) is 0.811. The Balaban J connectivity index is 2.81. The van der Waals surface area contributed by atoms with Crippen LogP contribution in [0.4, 0.5) is 4.79 Å². The number of alkyl carbamates (subject to hydrolysis) is 1. The lowest BCUT2D eigenvalue weighted by Gasteiger charge is -2.38. The van der Waals surface area contributed by atoms with Crippen molar-refractivity contribution in [3.05, 3.63) is 0 Å². The molecule has 1 amide bonds. The molecule has 0 aromatic rings. The molecule has 0 spiro atoms. The molecule has 1 saturated heterocycles. The van der Waals surface area contributed by atoms with Crippen molar-refractivity contribution in [1.82, 2.24) is 5.32 Å². The van der Waals surface area contributed by atoms with Crippen LogP contribution >= 0.6 is 11.8 Å². The maximum Gasteiger partial charge on any atom is 0.408 e. The third-order valence-electron chi connectivity index (χ3n) is 3.46. The van der Waals surface area contributed by atoms with Crippen molar-refractivity contribution in [1.29, 1.82) is 0 Å². The van der Waals surface area contributed by atoms with Gasteiger partial charge >= 0.3 is 6.09 Å². The maximum absolute atomic E-state index is 11.9. The van der Waals surface area contributed by atoms with Gasteiger partial charge in [-0.2, -0.15) is 11.8 Å². The van der Waals surface area contributed by atoms with Crippen molar-refractivity contribution in [3.63, 3.8) is 0 Å². The van der Waals surface area contributed by atoms with Gasteiger partial charge in [0.2, 0.25) is 0 Å². The summed E-state index contributed by atoms with van der Waals surface area (Å²) in [5.41, 5.74) is -1.44. The van der Waals surface area contributed by atoms with Crippen LogP contribution in [-0.2, 0) is 9.53 Å². The molecule has 0 bridgehead atoms. The van der Waals surface area contributed by atoms with Crippen LogP contribution in [0.5, 0.6) is 0 Å². The van der Waals surface area contributed by atoms with Crippen molar-refractivity contribution in [2.24, 2.45) is 5.92 Å². The molecule has 110 valence electrons. The van der Waals surface area contributed by atoms with Gasteiger partial charge in [-0.05, 0) is 39.9 Å². The SMILES string of the molecule is CC(C)(C)OC(=O)NC(C)(C=O)C1CCSC1(C)C. The van der Waals surface area contributed by atoms with Crippen molar-refractivity contribution in [2.45, 2.75) is 63.9 Å². The molecule has 4 nitrogen and oxygen atoms in total. The Kier molecular flexibility index (Phi) is 4.60. The molecule has 1 N–H and O–H groups in total. The molecule has 0 aliphatic carbocycles. The van der Waals surface area contributed by atoms with Crippen LogP contribution in [0.15, 0.2) is 0 Å². The fraction of sp³-hybridized carbons (Fsp3) is 0.857. The van der Waals surface area contributed by atoms with E-state index in [1.54, 1.807) is 27.7 Å². The molecule has 1 rings (SSSR count). The molecule has 1 aliphatic heterocycles. The van der Waals surface area contributed by atoms with Gasteiger partial charge in [-0.3, -0.25) is 0 Å². The third-order valence-corrected chi connectivity index (χ3v) is 4.93. The molecule has 0 aromatic carbocycles. The molecule has 19 heavy (non-hydrogen) atoms. The second kappa shape index (κ2) is 5.35. The average molecular weight is 287 g/mol. The summed E-state index contributed by atoms with van der Waals surface area (Å²) in [4.78, 5) is 23.4. The summed E-state index contributed by atoms with van der Waals surface area (Å²) in [5, 5.41) is 2.75. The van der Waals surface area contributed by atoms with Crippen molar-refractivity contribution < 1.29 is 14.3 Å². The number of ether oxygens (including phenoxy) is 1. The first-order valence-corrected chi connectivity index (χ1v) is 7.60. The second-order valence-corrected chi connectivity index (χ2v) is 8.57. The molecule has 1 heterocycles. The van der Waals surface area contributed by atoms with Crippen LogP contribution in [0, 0.1) is 5.92 Å². The lowest BCUT2D eigenvalue weighted by Crippen LogP contribution is -2.57. The minimum Gasteiger partial charge on any atom is -0.444 e. The highest BCUT2D eigenvalue weighted by Gasteiger charge is 2.48. The zero-order valence-electron chi connectivity index (χ0n) is 12.7. The van der Waals surface area contributed by atoms with E-state index in [1.807, 2.05) is 11.8 Å². The molecule has 0 saturated carbocycles. The summed E-state index contributed by atoms with van der Waals surface area (Å²) in [6.45, 7) is 11.4. The fourth-order valence-electron chi connectivity index (χ4n) is 2.63. The van der Waals surface area contributed by atoms with Gasteiger partial charge in [-0.15, -0.1) is 0 Å². The van der Waals surface area contributed by atoms with Gasteiger partial charge in [0.1, 0.15) is 17.4 Å². The summed E-state index contributed by atoms with van der Waals surface area (Å²) in [7, 11) is 0. The summed E-state index contributed by atoms with van der Waals surface area (Å²) >= 11 is 1.84. The first-order chi connectivity index (χ1) is 8.50. The Morgan fingerprint density at radius 1 is 1.37 bits per heavy atom. The standard InChI is InChI=1S/C14H25NO3S/c1-12(2,3)18-11(17)15-14(6,9-16)10-7-8-19-13(10,4)5/h9-10H,7-8H2,1-6H3,(H,15,17). The molecule has 1 aliphatic rings. The van der Waals surface area contributed by atoms with Crippen molar-refractivity contribution >= 4 is 24.1 Å². The van der Waals surface area contributed by atoms with E-state index in [0.29, 0.717) is 0 Å². The van der Waals surface area contributed by atoms with Gasteiger partial charge in [0, 0.05) is 10.7 Å². The Morgan fingerprint density at radius 3 is 2.32 bits per heavy atom. The number of hydrogen-bond donors (Lipinski definition) is 1. The molecule has 0 aromatic heterocycles. The monoisotopic (exact) mass is 287 g/mol. The van der Waals surface area contributed by atoms with Gasteiger partial charge in [-0.25, -0.2) is 4.79 Å². The van der Waals surface area contributed by atoms with E-state index in [0.717, 1.165) is 18.5 Å². The van der Waals surface area contributed by atoms with Crippen molar-refractivity contribution in [2.75, 3.05) is 5.75 Å². The topological polar surface area (TPSA) is 55.4 Å². The maximum atomic E-state index is 11.9. The van der Waals surface area contributed by atoms with Crippen LogP contribution < -0.4 is 5.32 Å². The molecule has 0 radical (unpaired) electrons. The largest absolute Gasteiger partial charge is 0.444 e. The number of nitrogens with one attached hydrogen (secondary N) is 1. The number of rotatable bonds is 3. The van der Waals surface area contributed by atoms with Gasteiger partial charge in [0.25, 0.3) is 0 Å². The predicted octanol–water partition coefficient (Wildman–Crippen LogP) is 3.00. The molecular weight excluding hydrogens is 262 g/mol. The van der Waals surface area contributed by atoms with E-state index < -0.39 is 17.2 Å². The smallest absolute Gasteiger partial charge is 0.408 e. The number of thioether (sulfide) groups is 1. The van der Waals surface area contributed by atoms with E-state index in [2.05, 4.69) is 19.2 Å². The van der Waals surface area contributed by atoms with E-state index in [-0.39, 0.29) is 10.7 Å². The Hall–Kier alpha value is -0.710. The van der Waals surface area contributed by atoms with Crippen molar-refractivity contribution in [3.8, 4) is 0 Å². The molecule has 2 atom stereocenters.